The van der Waals surface area contributed by atoms with Crippen LogP contribution >= 0.6 is 15.9 Å². The zero-order valence-electron chi connectivity index (χ0n) is 8.11. The second kappa shape index (κ2) is 4.33. The van der Waals surface area contributed by atoms with Gasteiger partial charge in [-0.3, -0.25) is 4.79 Å². The lowest BCUT2D eigenvalue weighted by Gasteiger charge is -2.32. The van der Waals surface area contributed by atoms with Gasteiger partial charge < -0.3 is 10.4 Å². The molecule has 0 radical (unpaired) electrons. The fourth-order valence-corrected chi connectivity index (χ4v) is 2.39. The number of halogens is 1. The van der Waals surface area contributed by atoms with Gasteiger partial charge in [0.25, 0.3) is 0 Å². The SMILES string of the molecule is O=C(O)C(c1ccccc1Br)C1CNC1. The highest BCUT2D eigenvalue weighted by atomic mass is 79.9. The van der Waals surface area contributed by atoms with Gasteiger partial charge in [-0.2, -0.15) is 0 Å². The predicted molar refractivity (Wildman–Crippen MR) is 60.9 cm³/mol. The first kappa shape index (κ1) is 10.6. The summed E-state index contributed by atoms with van der Waals surface area (Å²) in [6.07, 6.45) is 0. The van der Waals surface area contributed by atoms with E-state index >= 15 is 0 Å². The molecule has 1 atom stereocenters. The van der Waals surface area contributed by atoms with Crippen molar-refractivity contribution in [3.63, 3.8) is 0 Å². The largest absolute Gasteiger partial charge is 0.481 e. The first-order valence-corrected chi connectivity index (χ1v) is 5.67. The van der Waals surface area contributed by atoms with E-state index in [-0.39, 0.29) is 5.92 Å². The number of hydrogen-bond acceptors (Lipinski definition) is 2. The first-order valence-electron chi connectivity index (χ1n) is 4.88. The minimum Gasteiger partial charge on any atom is -0.481 e. The second-order valence-electron chi connectivity index (χ2n) is 3.76. The highest BCUT2D eigenvalue weighted by molar-refractivity contribution is 9.10. The molecule has 1 aromatic rings. The van der Waals surface area contributed by atoms with Crippen LogP contribution in [0.5, 0.6) is 0 Å². The van der Waals surface area contributed by atoms with Crippen molar-refractivity contribution in [3.8, 4) is 0 Å². The molecule has 0 saturated carbocycles. The van der Waals surface area contributed by atoms with E-state index in [4.69, 9.17) is 0 Å². The molecule has 0 aromatic heterocycles. The van der Waals surface area contributed by atoms with Gasteiger partial charge in [0, 0.05) is 23.5 Å². The summed E-state index contributed by atoms with van der Waals surface area (Å²) in [6.45, 7) is 1.58. The maximum atomic E-state index is 11.2. The van der Waals surface area contributed by atoms with Crippen molar-refractivity contribution in [1.82, 2.24) is 5.32 Å². The highest BCUT2D eigenvalue weighted by Crippen LogP contribution is 2.32. The van der Waals surface area contributed by atoms with Crippen molar-refractivity contribution in [2.24, 2.45) is 5.92 Å². The average molecular weight is 270 g/mol. The van der Waals surface area contributed by atoms with Gasteiger partial charge in [-0.05, 0) is 11.6 Å². The van der Waals surface area contributed by atoms with Crippen molar-refractivity contribution in [2.45, 2.75) is 5.92 Å². The van der Waals surface area contributed by atoms with Crippen molar-refractivity contribution in [2.75, 3.05) is 13.1 Å². The van der Waals surface area contributed by atoms with Crippen LogP contribution in [0.3, 0.4) is 0 Å². The van der Waals surface area contributed by atoms with Crippen LogP contribution in [0.1, 0.15) is 11.5 Å². The van der Waals surface area contributed by atoms with E-state index in [1.165, 1.54) is 0 Å². The second-order valence-corrected chi connectivity index (χ2v) is 4.61. The number of carbonyl (C=O) groups is 1. The molecule has 1 fully saturated rings. The molecule has 1 heterocycles. The van der Waals surface area contributed by atoms with Gasteiger partial charge in [-0.25, -0.2) is 0 Å². The quantitative estimate of drug-likeness (QED) is 0.881. The summed E-state index contributed by atoms with van der Waals surface area (Å²) in [7, 11) is 0. The third-order valence-electron chi connectivity index (χ3n) is 2.79. The minimum absolute atomic E-state index is 0.209. The third kappa shape index (κ3) is 2.06. The van der Waals surface area contributed by atoms with Crippen molar-refractivity contribution in [1.29, 1.82) is 0 Å². The van der Waals surface area contributed by atoms with Gasteiger partial charge in [-0.15, -0.1) is 0 Å². The van der Waals surface area contributed by atoms with Gasteiger partial charge in [-0.1, -0.05) is 34.1 Å². The number of rotatable bonds is 3. The number of carboxylic acids is 1. The molecule has 0 bridgehead atoms. The van der Waals surface area contributed by atoms with Crippen LogP contribution in [0.2, 0.25) is 0 Å². The Hall–Kier alpha value is -0.870. The van der Waals surface area contributed by atoms with E-state index in [9.17, 15) is 9.90 Å². The van der Waals surface area contributed by atoms with Crippen LogP contribution in [0.15, 0.2) is 28.7 Å². The Bertz CT molecular complexity index is 377. The molecule has 4 heteroatoms. The van der Waals surface area contributed by atoms with E-state index in [2.05, 4.69) is 21.2 Å². The molecule has 1 saturated heterocycles. The molecule has 80 valence electrons. The third-order valence-corrected chi connectivity index (χ3v) is 3.51. The van der Waals surface area contributed by atoms with Crippen LogP contribution < -0.4 is 5.32 Å². The summed E-state index contributed by atoms with van der Waals surface area (Å²) in [5, 5.41) is 12.3. The van der Waals surface area contributed by atoms with Gasteiger partial charge in [0.2, 0.25) is 0 Å². The Morgan fingerprint density at radius 2 is 2.13 bits per heavy atom. The molecule has 1 aliphatic heterocycles. The molecular weight excluding hydrogens is 258 g/mol. The predicted octanol–water partition coefficient (Wildman–Crippen LogP) is 1.84. The Kier molecular flexibility index (Phi) is 3.07. The number of carboxylic acid groups (broad SMARTS) is 1. The first-order chi connectivity index (χ1) is 7.20. The minimum atomic E-state index is -0.742. The van der Waals surface area contributed by atoms with Crippen LogP contribution in [0.4, 0.5) is 0 Å². The maximum absolute atomic E-state index is 11.2. The smallest absolute Gasteiger partial charge is 0.311 e. The zero-order chi connectivity index (χ0) is 10.8. The molecule has 3 nitrogen and oxygen atoms in total. The topological polar surface area (TPSA) is 49.3 Å². The monoisotopic (exact) mass is 269 g/mol. The van der Waals surface area contributed by atoms with Gasteiger partial charge in [0.1, 0.15) is 0 Å². The Morgan fingerprint density at radius 3 is 2.60 bits per heavy atom. The lowest BCUT2D eigenvalue weighted by molar-refractivity contribution is -0.140. The van der Waals surface area contributed by atoms with Crippen molar-refractivity contribution < 1.29 is 9.90 Å². The van der Waals surface area contributed by atoms with Crippen LogP contribution in [0.25, 0.3) is 0 Å². The number of hydrogen-bond donors (Lipinski definition) is 2. The normalized spacial score (nSPS) is 18.2. The Balaban J connectivity index is 2.32. The molecular formula is C11H12BrNO2. The van der Waals surface area contributed by atoms with Crippen LogP contribution in [-0.4, -0.2) is 24.2 Å². The standard InChI is InChI=1S/C11H12BrNO2/c12-9-4-2-1-3-8(9)10(11(14)15)7-5-13-6-7/h1-4,7,10,13H,5-6H2,(H,14,15). The Labute approximate surface area is 96.6 Å². The highest BCUT2D eigenvalue weighted by Gasteiger charge is 2.34. The number of aliphatic carboxylic acids is 1. The summed E-state index contributed by atoms with van der Waals surface area (Å²) >= 11 is 3.40. The summed E-state index contributed by atoms with van der Waals surface area (Å²) < 4.78 is 0.879. The average Bonchev–Trinajstić information content (AvgIpc) is 2.12. The van der Waals surface area contributed by atoms with E-state index in [1.807, 2.05) is 24.3 Å². The molecule has 1 aromatic carbocycles. The molecule has 1 unspecified atom stereocenters. The summed E-state index contributed by atoms with van der Waals surface area (Å²) in [5.41, 5.74) is 0.872. The van der Waals surface area contributed by atoms with Gasteiger partial charge in [0.05, 0.1) is 5.92 Å². The van der Waals surface area contributed by atoms with Gasteiger partial charge >= 0.3 is 5.97 Å². The van der Waals surface area contributed by atoms with Crippen LogP contribution in [0, 0.1) is 5.92 Å². The lowest BCUT2D eigenvalue weighted by Crippen LogP contribution is -2.47. The molecule has 2 N–H and O–H groups in total. The fraction of sp³-hybridized carbons (Fsp3) is 0.364. The van der Waals surface area contributed by atoms with Crippen molar-refractivity contribution >= 4 is 21.9 Å². The van der Waals surface area contributed by atoms with E-state index in [0.717, 1.165) is 23.1 Å². The molecule has 2 rings (SSSR count). The molecule has 0 spiro atoms. The molecule has 15 heavy (non-hydrogen) atoms. The summed E-state index contributed by atoms with van der Waals surface area (Å²) in [5.74, 6) is -0.934. The Morgan fingerprint density at radius 1 is 1.47 bits per heavy atom. The molecule has 0 amide bonds. The molecule has 0 aliphatic carbocycles. The number of benzene rings is 1. The maximum Gasteiger partial charge on any atom is 0.311 e. The van der Waals surface area contributed by atoms with E-state index in [1.54, 1.807) is 0 Å². The lowest BCUT2D eigenvalue weighted by atomic mass is 9.82. The van der Waals surface area contributed by atoms with E-state index < -0.39 is 11.9 Å². The molecule has 1 aliphatic rings. The number of nitrogens with one attached hydrogen (secondary N) is 1. The van der Waals surface area contributed by atoms with Crippen LogP contribution in [-0.2, 0) is 4.79 Å². The van der Waals surface area contributed by atoms with Gasteiger partial charge in [0.15, 0.2) is 0 Å². The van der Waals surface area contributed by atoms with E-state index in [0.29, 0.717) is 0 Å². The fourth-order valence-electron chi connectivity index (χ4n) is 1.86. The zero-order valence-corrected chi connectivity index (χ0v) is 9.70. The van der Waals surface area contributed by atoms with Crippen molar-refractivity contribution in [3.05, 3.63) is 34.3 Å². The summed E-state index contributed by atoms with van der Waals surface area (Å²) in [6, 6.07) is 7.53. The summed E-state index contributed by atoms with van der Waals surface area (Å²) in [4.78, 5) is 11.2.